The van der Waals surface area contributed by atoms with Gasteiger partial charge in [0.15, 0.2) is 0 Å². The van der Waals surface area contributed by atoms with Crippen LogP contribution in [0.1, 0.15) is 50.3 Å². The summed E-state index contributed by atoms with van der Waals surface area (Å²) < 4.78 is 1.90. The smallest absolute Gasteiger partial charge is 0.258 e. The molecule has 2 aromatic rings. The number of fused-ring (bicyclic) bond motifs is 4. The first-order chi connectivity index (χ1) is 16.2. The Morgan fingerprint density at radius 1 is 1.03 bits per heavy atom. The molecule has 1 saturated heterocycles. The third kappa shape index (κ3) is 3.64. The maximum atomic E-state index is 13.6. The number of amides is 1. The van der Waals surface area contributed by atoms with Crippen LogP contribution in [-0.2, 0) is 11.3 Å². The molecule has 3 heterocycles. The maximum absolute atomic E-state index is 13.6. The number of aliphatic hydroxyl groups excluding tert-OH is 1. The van der Waals surface area contributed by atoms with Crippen LogP contribution in [0.5, 0.6) is 0 Å². The lowest BCUT2D eigenvalue weighted by Crippen LogP contribution is -2.47. The van der Waals surface area contributed by atoms with E-state index in [1.165, 1.54) is 25.7 Å². The monoisotopic (exact) mass is 447 g/mol. The summed E-state index contributed by atoms with van der Waals surface area (Å²) in [4.78, 5) is 29.7. The van der Waals surface area contributed by atoms with E-state index >= 15 is 0 Å². The predicted molar refractivity (Wildman–Crippen MR) is 127 cm³/mol. The van der Waals surface area contributed by atoms with E-state index in [4.69, 9.17) is 0 Å². The molecule has 1 aromatic carbocycles. The topological polar surface area (TPSA) is 74.6 Å². The number of nitrogens with one attached hydrogen (secondary N) is 1. The Morgan fingerprint density at radius 3 is 2.48 bits per heavy atom. The van der Waals surface area contributed by atoms with Gasteiger partial charge in [0.1, 0.15) is 0 Å². The van der Waals surface area contributed by atoms with Crippen LogP contribution in [0.2, 0.25) is 0 Å². The molecule has 1 amide bonds. The zero-order valence-electron chi connectivity index (χ0n) is 19.0. The molecule has 0 spiro atoms. The van der Waals surface area contributed by atoms with Crippen molar-refractivity contribution in [1.29, 1.82) is 0 Å². The molecule has 2 N–H and O–H groups in total. The van der Waals surface area contributed by atoms with Gasteiger partial charge in [-0.2, -0.15) is 0 Å². The van der Waals surface area contributed by atoms with Gasteiger partial charge in [-0.3, -0.25) is 14.5 Å². The van der Waals surface area contributed by atoms with Gasteiger partial charge in [-0.05, 0) is 49.3 Å². The maximum Gasteiger partial charge on any atom is 0.258 e. The minimum absolute atomic E-state index is 0.00770. The Balaban J connectivity index is 1.41. The number of hydrogen-bond acceptors (Lipinski definition) is 4. The van der Waals surface area contributed by atoms with Gasteiger partial charge in [0.05, 0.1) is 12.0 Å². The van der Waals surface area contributed by atoms with E-state index in [2.05, 4.69) is 16.3 Å². The van der Waals surface area contributed by atoms with Crippen molar-refractivity contribution in [3.63, 3.8) is 0 Å². The third-order valence-electron chi connectivity index (χ3n) is 8.43. The number of hydrogen-bond donors (Lipinski definition) is 2. The normalized spacial score (nSPS) is 29.2. The predicted octanol–water partition coefficient (Wildman–Crippen LogP) is 2.95. The first-order valence-corrected chi connectivity index (χ1v) is 12.6. The summed E-state index contributed by atoms with van der Waals surface area (Å²) in [6.45, 7) is 1.46. The summed E-state index contributed by atoms with van der Waals surface area (Å²) in [6.07, 6.45) is 6.88. The van der Waals surface area contributed by atoms with Crippen molar-refractivity contribution < 1.29 is 9.90 Å². The van der Waals surface area contributed by atoms with E-state index in [-0.39, 0.29) is 48.0 Å². The molecule has 3 fully saturated rings. The van der Waals surface area contributed by atoms with Gasteiger partial charge in [0.2, 0.25) is 5.91 Å². The van der Waals surface area contributed by atoms with Crippen molar-refractivity contribution in [2.24, 2.45) is 17.8 Å². The van der Waals surface area contributed by atoms with E-state index in [9.17, 15) is 14.7 Å². The molecule has 4 aliphatic rings. The molecule has 0 unspecified atom stereocenters. The van der Waals surface area contributed by atoms with E-state index in [0.29, 0.717) is 18.0 Å². The van der Waals surface area contributed by atoms with Crippen LogP contribution in [0.25, 0.3) is 11.1 Å². The average molecular weight is 448 g/mol. The van der Waals surface area contributed by atoms with Crippen LogP contribution in [0.4, 0.5) is 0 Å². The van der Waals surface area contributed by atoms with Crippen molar-refractivity contribution in [1.82, 2.24) is 14.8 Å². The largest absolute Gasteiger partial charge is 0.396 e. The number of carbonyl (C=O) groups excluding carboxylic acids is 1. The molecule has 4 atom stereocenters. The molecule has 6 heteroatoms. The fourth-order valence-corrected chi connectivity index (χ4v) is 6.58. The lowest BCUT2D eigenvalue weighted by Gasteiger charge is -2.38. The molecule has 174 valence electrons. The second-order valence-electron chi connectivity index (χ2n) is 10.5. The van der Waals surface area contributed by atoms with Gasteiger partial charge >= 0.3 is 0 Å². The molecular formula is C27H33N3O3. The van der Waals surface area contributed by atoms with Gasteiger partial charge in [0.25, 0.3) is 5.56 Å². The van der Waals surface area contributed by atoms with Crippen molar-refractivity contribution >= 4 is 5.91 Å². The standard InChI is InChI=1S/C27H33N3O3/c31-16-21-23-15-30-22(13-12-20(27(30)33)18-6-2-1-3-7-18)25(29(23)14-17-10-11-17)24(21)26(32)28-19-8-4-5-9-19/h1-3,6-7,12-13,17,19,21,23-25,31H,4-5,8-11,14-16H2,(H,28,32)/t21-,23-,24+,25+/m0/s1. The quantitative estimate of drug-likeness (QED) is 0.714. The molecule has 2 aliphatic heterocycles. The van der Waals surface area contributed by atoms with E-state index in [1.54, 1.807) is 0 Å². The average Bonchev–Trinajstić information content (AvgIpc) is 3.45. The summed E-state index contributed by atoms with van der Waals surface area (Å²) in [7, 11) is 0. The molecule has 1 aromatic heterocycles. The number of aliphatic hydroxyl groups is 1. The Hall–Kier alpha value is -2.44. The lowest BCUT2D eigenvalue weighted by atomic mass is 9.86. The third-order valence-corrected chi connectivity index (χ3v) is 8.43. The summed E-state index contributed by atoms with van der Waals surface area (Å²) in [6, 6.07) is 13.9. The minimum atomic E-state index is -0.324. The van der Waals surface area contributed by atoms with Crippen LogP contribution >= 0.6 is 0 Å². The molecule has 2 saturated carbocycles. The summed E-state index contributed by atoms with van der Waals surface area (Å²) in [5, 5.41) is 13.8. The lowest BCUT2D eigenvalue weighted by molar-refractivity contribution is -0.128. The molecule has 2 bridgehead atoms. The first kappa shape index (κ1) is 21.1. The van der Waals surface area contributed by atoms with Gasteiger partial charge in [-0.1, -0.05) is 43.2 Å². The fraction of sp³-hybridized carbons (Fsp3) is 0.556. The highest BCUT2D eigenvalue weighted by Crippen LogP contribution is 2.50. The van der Waals surface area contributed by atoms with E-state index < -0.39 is 0 Å². The Morgan fingerprint density at radius 2 is 1.79 bits per heavy atom. The van der Waals surface area contributed by atoms with Crippen LogP contribution < -0.4 is 10.9 Å². The zero-order chi connectivity index (χ0) is 22.5. The van der Waals surface area contributed by atoms with Crippen LogP contribution in [0.15, 0.2) is 47.3 Å². The molecule has 0 radical (unpaired) electrons. The second kappa shape index (κ2) is 8.41. The highest BCUT2D eigenvalue weighted by atomic mass is 16.3. The number of nitrogens with zero attached hydrogens (tertiary/aromatic N) is 2. The van der Waals surface area contributed by atoms with Crippen molar-refractivity contribution in [3.8, 4) is 11.1 Å². The first-order valence-electron chi connectivity index (χ1n) is 12.6. The Kier molecular flexibility index (Phi) is 5.38. The zero-order valence-corrected chi connectivity index (χ0v) is 19.0. The highest BCUT2D eigenvalue weighted by Gasteiger charge is 2.56. The summed E-state index contributed by atoms with van der Waals surface area (Å²) in [5.74, 6) is 0.250. The minimum Gasteiger partial charge on any atom is -0.396 e. The SMILES string of the molecule is O=C(NC1CCCC1)[C@@H]1[C@@H](CO)[C@@H]2Cn3c(ccc(-c4ccccc4)c3=O)[C@H]1N2CC1CC1. The molecule has 33 heavy (non-hydrogen) atoms. The molecular weight excluding hydrogens is 414 g/mol. The van der Waals surface area contributed by atoms with E-state index in [1.807, 2.05) is 41.0 Å². The van der Waals surface area contributed by atoms with Crippen molar-refractivity contribution in [2.45, 2.75) is 63.2 Å². The van der Waals surface area contributed by atoms with Crippen LogP contribution in [0.3, 0.4) is 0 Å². The summed E-state index contributed by atoms with van der Waals surface area (Å²) in [5.41, 5.74) is 2.55. The number of pyridine rings is 1. The second-order valence-corrected chi connectivity index (χ2v) is 10.5. The summed E-state index contributed by atoms with van der Waals surface area (Å²) >= 11 is 0. The molecule has 2 aliphatic carbocycles. The Bertz CT molecular complexity index is 1090. The molecule has 6 nitrogen and oxygen atoms in total. The van der Waals surface area contributed by atoms with Gasteiger partial charge in [0, 0.05) is 49.0 Å². The number of aromatic nitrogens is 1. The number of carbonyl (C=O) groups is 1. The van der Waals surface area contributed by atoms with Crippen LogP contribution in [0, 0.1) is 17.8 Å². The van der Waals surface area contributed by atoms with Crippen molar-refractivity contribution in [3.05, 3.63) is 58.5 Å². The number of benzene rings is 1. The van der Waals surface area contributed by atoms with E-state index in [0.717, 1.165) is 30.6 Å². The Labute approximate surface area is 194 Å². The van der Waals surface area contributed by atoms with Gasteiger partial charge in [-0.25, -0.2) is 0 Å². The number of rotatable bonds is 6. The van der Waals surface area contributed by atoms with Gasteiger partial charge in [-0.15, -0.1) is 0 Å². The molecule has 6 rings (SSSR count). The highest BCUT2D eigenvalue weighted by molar-refractivity contribution is 5.81. The van der Waals surface area contributed by atoms with Crippen LogP contribution in [-0.4, -0.2) is 45.7 Å². The fourth-order valence-electron chi connectivity index (χ4n) is 6.58. The van der Waals surface area contributed by atoms with Gasteiger partial charge < -0.3 is 15.0 Å². The van der Waals surface area contributed by atoms with Crippen molar-refractivity contribution in [2.75, 3.05) is 13.2 Å².